The molecule has 0 saturated carbocycles. The van der Waals surface area contributed by atoms with Crippen LogP contribution in [0.5, 0.6) is 5.88 Å². The fraction of sp³-hybridized carbons (Fsp3) is 0.400. The average molecular weight is 307 g/mol. The van der Waals surface area contributed by atoms with E-state index in [9.17, 15) is 0 Å². The summed E-state index contributed by atoms with van der Waals surface area (Å²) in [6.07, 6.45) is 3.58. The molecular formula is C15H19ClN4O. The van der Waals surface area contributed by atoms with E-state index in [0.29, 0.717) is 17.6 Å². The van der Waals surface area contributed by atoms with Crippen molar-refractivity contribution in [3.8, 4) is 5.88 Å². The number of anilines is 1. The molecule has 0 aromatic carbocycles. The Labute approximate surface area is 129 Å². The van der Waals surface area contributed by atoms with E-state index in [1.54, 1.807) is 13.3 Å². The number of pyridine rings is 1. The molecule has 0 spiro atoms. The van der Waals surface area contributed by atoms with Gasteiger partial charge in [0.15, 0.2) is 0 Å². The predicted octanol–water partition coefficient (Wildman–Crippen LogP) is 3.41. The predicted molar refractivity (Wildman–Crippen MR) is 83.9 cm³/mol. The van der Waals surface area contributed by atoms with Gasteiger partial charge in [0.1, 0.15) is 16.8 Å². The van der Waals surface area contributed by atoms with Crippen molar-refractivity contribution >= 4 is 17.4 Å². The smallest absolute Gasteiger partial charge is 0.212 e. The first-order valence-corrected chi connectivity index (χ1v) is 7.27. The van der Waals surface area contributed by atoms with Crippen molar-refractivity contribution in [2.24, 2.45) is 0 Å². The molecule has 112 valence electrons. The molecule has 21 heavy (non-hydrogen) atoms. The van der Waals surface area contributed by atoms with E-state index < -0.39 is 0 Å². The van der Waals surface area contributed by atoms with Gasteiger partial charge in [-0.3, -0.25) is 0 Å². The van der Waals surface area contributed by atoms with Gasteiger partial charge < -0.3 is 10.1 Å². The van der Waals surface area contributed by atoms with Crippen LogP contribution in [0.4, 0.5) is 5.82 Å². The summed E-state index contributed by atoms with van der Waals surface area (Å²) in [6.45, 7) is 4.62. The van der Waals surface area contributed by atoms with E-state index in [2.05, 4.69) is 27.2 Å². The van der Waals surface area contributed by atoms with Gasteiger partial charge in [0.2, 0.25) is 5.88 Å². The van der Waals surface area contributed by atoms with E-state index in [1.165, 1.54) is 0 Å². The van der Waals surface area contributed by atoms with Crippen LogP contribution in [0.3, 0.4) is 0 Å². The number of methoxy groups -OCH3 is 1. The van der Waals surface area contributed by atoms with Gasteiger partial charge in [-0.2, -0.15) is 0 Å². The molecule has 0 unspecified atom stereocenters. The van der Waals surface area contributed by atoms with E-state index in [4.69, 9.17) is 16.3 Å². The highest BCUT2D eigenvalue weighted by Gasteiger charge is 2.09. The molecular weight excluding hydrogens is 288 g/mol. The largest absolute Gasteiger partial charge is 0.481 e. The Bertz CT molecular complexity index is 601. The van der Waals surface area contributed by atoms with Crippen LogP contribution in [0.15, 0.2) is 18.3 Å². The topological polar surface area (TPSA) is 59.9 Å². The average Bonchev–Trinajstić information content (AvgIpc) is 2.50. The Hall–Kier alpha value is -1.88. The lowest BCUT2D eigenvalue weighted by Gasteiger charge is -2.11. The molecule has 0 saturated heterocycles. The molecule has 5 nitrogen and oxygen atoms in total. The van der Waals surface area contributed by atoms with Gasteiger partial charge in [-0.25, -0.2) is 15.0 Å². The molecule has 0 bridgehead atoms. The Kier molecular flexibility index (Phi) is 5.33. The molecule has 0 atom stereocenters. The second kappa shape index (κ2) is 7.22. The molecule has 1 N–H and O–H groups in total. The number of rotatable bonds is 6. The molecule has 2 aromatic heterocycles. The first kappa shape index (κ1) is 15.5. The molecule has 2 heterocycles. The molecule has 0 amide bonds. The highest BCUT2D eigenvalue weighted by molar-refractivity contribution is 6.30. The Morgan fingerprint density at radius 2 is 2.10 bits per heavy atom. The normalized spacial score (nSPS) is 10.5. The van der Waals surface area contributed by atoms with Gasteiger partial charge in [0, 0.05) is 30.8 Å². The number of aromatic nitrogens is 3. The molecule has 0 radical (unpaired) electrons. The summed E-state index contributed by atoms with van der Waals surface area (Å²) in [5.74, 6) is 2.14. The molecule has 6 heteroatoms. The zero-order valence-corrected chi connectivity index (χ0v) is 13.2. The highest BCUT2D eigenvalue weighted by Crippen LogP contribution is 2.21. The third-order valence-corrected chi connectivity index (χ3v) is 3.44. The Balaban J connectivity index is 2.11. The minimum absolute atomic E-state index is 0.504. The molecule has 0 aliphatic carbocycles. The van der Waals surface area contributed by atoms with Gasteiger partial charge in [-0.05, 0) is 18.9 Å². The SMILES string of the molecule is CCCc1nc(Cl)c(C)c(NCc2ccc(OC)nc2)n1. The number of aryl methyl sites for hydroxylation is 1. The van der Waals surface area contributed by atoms with Crippen LogP contribution in [0.25, 0.3) is 0 Å². The second-order valence-electron chi connectivity index (χ2n) is 4.72. The minimum Gasteiger partial charge on any atom is -0.481 e. The third kappa shape index (κ3) is 4.04. The van der Waals surface area contributed by atoms with Gasteiger partial charge in [-0.15, -0.1) is 0 Å². The Morgan fingerprint density at radius 3 is 2.71 bits per heavy atom. The third-order valence-electron chi connectivity index (χ3n) is 3.07. The van der Waals surface area contributed by atoms with E-state index in [1.807, 2.05) is 19.1 Å². The van der Waals surface area contributed by atoms with Crippen molar-refractivity contribution in [2.75, 3.05) is 12.4 Å². The lowest BCUT2D eigenvalue weighted by molar-refractivity contribution is 0.397. The zero-order chi connectivity index (χ0) is 15.2. The van der Waals surface area contributed by atoms with Crippen LogP contribution < -0.4 is 10.1 Å². The van der Waals surface area contributed by atoms with Gasteiger partial charge in [0.25, 0.3) is 0 Å². The van der Waals surface area contributed by atoms with Crippen LogP contribution in [-0.2, 0) is 13.0 Å². The summed E-state index contributed by atoms with van der Waals surface area (Å²) in [6, 6.07) is 3.79. The zero-order valence-electron chi connectivity index (χ0n) is 12.5. The summed E-state index contributed by atoms with van der Waals surface area (Å²) in [7, 11) is 1.60. The maximum Gasteiger partial charge on any atom is 0.212 e. The van der Waals surface area contributed by atoms with Crippen molar-refractivity contribution in [1.29, 1.82) is 0 Å². The van der Waals surface area contributed by atoms with Gasteiger partial charge >= 0.3 is 0 Å². The standard InChI is InChI=1S/C15H19ClN4O/c1-4-5-12-19-14(16)10(2)15(20-12)18-9-11-6-7-13(21-3)17-8-11/h6-8H,4-5,9H2,1-3H3,(H,18,19,20). The summed E-state index contributed by atoms with van der Waals surface area (Å²) < 4.78 is 5.04. The van der Waals surface area contributed by atoms with Crippen molar-refractivity contribution in [2.45, 2.75) is 33.2 Å². The summed E-state index contributed by atoms with van der Waals surface area (Å²) in [5, 5.41) is 3.79. The summed E-state index contributed by atoms with van der Waals surface area (Å²) >= 11 is 6.16. The first-order valence-electron chi connectivity index (χ1n) is 6.89. The molecule has 2 rings (SSSR count). The van der Waals surface area contributed by atoms with E-state index in [-0.39, 0.29) is 0 Å². The second-order valence-corrected chi connectivity index (χ2v) is 5.07. The van der Waals surface area contributed by atoms with Crippen molar-refractivity contribution in [3.05, 3.63) is 40.4 Å². The van der Waals surface area contributed by atoms with Gasteiger partial charge in [-0.1, -0.05) is 24.6 Å². The minimum atomic E-state index is 0.504. The van der Waals surface area contributed by atoms with Crippen LogP contribution in [0, 0.1) is 6.92 Å². The number of ether oxygens (including phenoxy) is 1. The van der Waals surface area contributed by atoms with Crippen LogP contribution >= 0.6 is 11.6 Å². The van der Waals surface area contributed by atoms with Crippen LogP contribution in [-0.4, -0.2) is 22.1 Å². The molecule has 0 fully saturated rings. The summed E-state index contributed by atoms with van der Waals surface area (Å²) in [5.41, 5.74) is 1.90. The fourth-order valence-electron chi connectivity index (χ4n) is 1.86. The number of nitrogens with zero attached hydrogens (tertiary/aromatic N) is 3. The van der Waals surface area contributed by atoms with Crippen LogP contribution in [0.1, 0.15) is 30.3 Å². The van der Waals surface area contributed by atoms with Crippen LogP contribution in [0.2, 0.25) is 5.15 Å². The molecule has 2 aromatic rings. The summed E-state index contributed by atoms with van der Waals surface area (Å²) in [4.78, 5) is 13.0. The number of hydrogen-bond donors (Lipinski definition) is 1. The monoisotopic (exact) mass is 306 g/mol. The van der Waals surface area contributed by atoms with Crippen molar-refractivity contribution < 1.29 is 4.74 Å². The number of halogens is 1. The first-order chi connectivity index (χ1) is 10.1. The van der Waals surface area contributed by atoms with E-state index in [0.717, 1.165) is 35.6 Å². The van der Waals surface area contributed by atoms with Crippen molar-refractivity contribution in [1.82, 2.24) is 15.0 Å². The molecule has 0 aliphatic rings. The lowest BCUT2D eigenvalue weighted by atomic mass is 10.2. The quantitative estimate of drug-likeness (QED) is 0.829. The highest BCUT2D eigenvalue weighted by atomic mass is 35.5. The maximum atomic E-state index is 6.16. The van der Waals surface area contributed by atoms with Gasteiger partial charge in [0.05, 0.1) is 7.11 Å². The Morgan fingerprint density at radius 1 is 1.29 bits per heavy atom. The van der Waals surface area contributed by atoms with Crippen molar-refractivity contribution in [3.63, 3.8) is 0 Å². The van der Waals surface area contributed by atoms with E-state index >= 15 is 0 Å². The number of nitrogens with one attached hydrogen (secondary N) is 1. The number of hydrogen-bond acceptors (Lipinski definition) is 5. The fourth-order valence-corrected chi connectivity index (χ4v) is 2.05. The molecule has 0 aliphatic heterocycles. The maximum absolute atomic E-state index is 6.16. The lowest BCUT2D eigenvalue weighted by Crippen LogP contribution is -2.07.